The molecule has 1 N–H and O–H groups in total. The molecule has 16 heavy (non-hydrogen) atoms. The smallest absolute Gasteiger partial charge is 0.296 e. The van der Waals surface area contributed by atoms with Crippen molar-refractivity contribution in [1.29, 1.82) is 0 Å². The van der Waals surface area contributed by atoms with Gasteiger partial charge in [-0.1, -0.05) is 6.07 Å². The van der Waals surface area contributed by atoms with Gasteiger partial charge in [-0.2, -0.15) is 0 Å². The zero-order valence-electron chi connectivity index (χ0n) is 8.56. The third kappa shape index (κ3) is 1.77. The van der Waals surface area contributed by atoms with Gasteiger partial charge in [0.1, 0.15) is 0 Å². The average molecular weight is 219 g/mol. The predicted molar refractivity (Wildman–Crippen MR) is 59.1 cm³/mol. The fourth-order valence-electron chi connectivity index (χ4n) is 1.55. The lowest BCUT2D eigenvalue weighted by Crippen LogP contribution is -2.12. The minimum absolute atomic E-state index is 0.0981. The van der Waals surface area contributed by atoms with Crippen LogP contribution in [0.15, 0.2) is 23.2 Å². The van der Waals surface area contributed by atoms with Crippen LogP contribution in [-0.4, -0.2) is 16.5 Å². The lowest BCUT2D eigenvalue weighted by Gasteiger charge is -2.03. The van der Waals surface area contributed by atoms with Crippen molar-refractivity contribution < 1.29 is 9.72 Å². The Morgan fingerprint density at radius 2 is 2.25 bits per heavy atom. The Bertz CT molecular complexity index is 508. The molecule has 0 saturated heterocycles. The number of fused-ring (bicyclic) bond motifs is 1. The van der Waals surface area contributed by atoms with E-state index in [0.717, 1.165) is 0 Å². The second-order valence-electron chi connectivity index (χ2n) is 3.50. The number of nitrogens with one attached hydrogen (secondary N) is 1. The van der Waals surface area contributed by atoms with Crippen LogP contribution < -0.4 is 5.32 Å². The number of nitro groups is 1. The highest BCUT2D eigenvalue weighted by Gasteiger charge is 2.21. The maximum absolute atomic E-state index is 11.4. The van der Waals surface area contributed by atoms with Gasteiger partial charge in [-0.05, 0) is 13.0 Å². The van der Waals surface area contributed by atoms with Crippen molar-refractivity contribution in [3.63, 3.8) is 0 Å². The number of hydrogen-bond donors (Lipinski definition) is 1. The Kier molecular flexibility index (Phi) is 2.40. The zero-order chi connectivity index (χ0) is 11.7. The molecular formula is C10H9N3O3. The van der Waals surface area contributed by atoms with Crippen LogP contribution in [-0.2, 0) is 4.79 Å². The van der Waals surface area contributed by atoms with Crippen LogP contribution in [0.25, 0.3) is 0 Å². The summed E-state index contributed by atoms with van der Waals surface area (Å²) in [6, 6.07) is 4.49. The highest BCUT2D eigenvalue weighted by atomic mass is 16.6. The van der Waals surface area contributed by atoms with Crippen molar-refractivity contribution in [1.82, 2.24) is 0 Å². The third-order valence-electron chi connectivity index (χ3n) is 2.20. The zero-order valence-corrected chi connectivity index (χ0v) is 8.56. The number of para-hydroxylation sites is 1. The number of amides is 1. The molecule has 1 aromatic rings. The summed E-state index contributed by atoms with van der Waals surface area (Å²) >= 11 is 0. The van der Waals surface area contributed by atoms with E-state index in [0.29, 0.717) is 11.4 Å². The summed E-state index contributed by atoms with van der Waals surface area (Å²) in [5.74, 6) is -0.208. The van der Waals surface area contributed by atoms with Gasteiger partial charge < -0.3 is 5.32 Å². The van der Waals surface area contributed by atoms with E-state index in [1.165, 1.54) is 12.1 Å². The SMILES string of the molecule is CC1=Nc2c(cccc2[N+](=O)[O-])NC(=O)C1. The standard InChI is InChI=1S/C10H9N3O3/c1-6-5-9(14)12-7-3-2-4-8(13(15)16)10(7)11-6/h2-4H,5H2,1H3,(H,12,14). The van der Waals surface area contributed by atoms with Crippen LogP contribution in [0.4, 0.5) is 17.1 Å². The predicted octanol–water partition coefficient (Wildman–Crippen LogP) is 2.03. The molecule has 6 heteroatoms. The molecule has 0 spiro atoms. The molecule has 82 valence electrons. The first-order valence-corrected chi connectivity index (χ1v) is 4.69. The molecule has 0 radical (unpaired) electrons. The average Bonchev–Trinajstić information content (AvgIpc) is 2.33. The molecule has 0 fully saturated rings. The van der Waals surface area contributed by atoms with Gasteiger partial charge in [0.25, 0.3) is 5.69 Å². The van der Waals surface area contributed by atoms with Crippen molar-refractivity contribution in [2.45, 2.75) is 13.3 Å². The lowest BCUT2D eigenvalue weighted by molar-refractivity contribution is -0.384. The second-order valence-corrected chi connectivity index (χ2v) is 3.50. The number of hydrogen-bond acceptors (Lipinski definition) is 4. The summed E-state index contributed by atoms with van der Waals surface area (Å²) in [5.41, 5.74) is 1.07. The van der Waals surface area contributed by atoms with Crippen LogP contribution in [0.1, 0.15) is 13.3 Å². The molecule has 1 aliphatic rings. The number of nitro benzene ring substituents is 1. The number of carbonyl (C=O) groups excluding carboxylic acids is 1. The fourth-order valence-corrected chi connectivity index (χ4v) is 1.55. The summed E-state index contributed by atoms with van der Waals surface area (Å²) < 4.78 is 0. The largest absolute Gasteiger partial charge is 0.324 e. The topological polar surface area (TPSA) is 84.6 Å². The van der Waals surface area contributed by atoms with Gasteiger partial charge in [-0.15, -0.1) is 0 Å². The van der Waals surface area contributed by atoms with E-state index in [1.807, 2.05) is 0 Å². The molecular weight excluding hydrogens is 210 g/mol. The number of carbonyl (C=O) groups is 1. The van der Waals surface area contributed by atoms with Gasteiger partial charge >= 0.3 is 0 Å². The van der Waals surface area contributed by atoms with E-state index in [2.05, 4.69) is 10.3 Å². The molecule has 0 unspecified atom stereocenters. The molecule has 0 bridgehead atoms. The Morgan fingerprint density at radius 3 is 2.94 bits per heavy atom. The number of aliphatic imine (C=N–C) groups is 1. The summed E-state index contributed by atoms with van der Waals surface area (Å²) in [6.07, 6.45) is 0.159. The Balaban J connectivity index is 2.64. The van der Waals surface area contributed by atoms with Crippen LogP contribution >= 0.6 is 0 Å². The van der Waals surface area contributed by atoms with E-state index in [1.54, 1.807) is 13.0 Å². The Labute approximate surface area is 91.1 Å². The molecule has 0 aromatic heterocycles. The van der Waals surface area contributed by atoms with Crippen LogP contribution in [0.3, 0.4) is 0 Å². The molecule has 6 nitrogen and oxygen atoms in total. The summed E-state index contributed by atoms with van der Waals surface area (Å²) in [4.78, 5) is 25.8. The highest BCUT2D eigenvalue weighted by molar-refractivity contribution is 6.10. The van der Waals surface area contributed by atoms with Gasteiger partial charge in [-0.25, -0.2) is 4.99 Å². The van der Waals surface area contributed by atoms with E-state index in [9.17, 15) is 14.9 Å². The molecule has 0 saturated carbocycles. The van der Waals surface area contributed by atoms with Gasteiger partial charge in [0, 0.05) is 11.8 Å². The van der Waals surface area contributed by atoms with Gasteiger partial charge in [0.2, 0.25) is 5.91 Å². The summed E-state index contributed by atoms with van der Waals surface area (Å²) in [5, 5.41) is 13.4. The lowest BCUT2D eigenvalue weighted by atomic mass is 10.2. The van der Waals surface area contributed by atoms with Crippen molar-refractivity contribution >= 4 is 28.7 Å². The Morgan fingerprint density at radius 1 is 1.50 bits per heavy atom. The van der Waals surface area contributed by atoms with Crippen molar-refractivity contribution in [2.75, 3.05) is 5.32 Å². The summed E-state index contributed by atoms with van der Waals surface area (Å²) in [7, 11) is 0. The monoisotopic (exact) mass is 219 g/mol. The highest BCUT2D eigenvalue weighted by Crippen LogP contribution is 2.36. The maximum atomic E-state index is 11.4. The first-order valence-electron chi connectivity index (χ1n) is 4.69. The van der Waals surface area contributed by atoms with Crippen LogP contribution in [0, 0.1) is 10.1 Å². The summed E-state index contributed by atoms with van der Waals surface area (Å²) in [6.45, 7) is 1.67. The number of benzene rings is 1. The maximum Gasteiger partial charge on any atom is 0.296 e. The minimum Gasteiger partial charge on any atom is -0.324 e. The molecule has 0 aliphatic carbocycles. The second kappa shape index (κ2) is 3.73. The van der Waals surface area contributed by atoms with Gasteiger partial charge in [0.15, 0.2) is 5.69 Å². The van der Waals surface area contributed by atoms with Gasteiger partial charge in [-0.3, -0.25) is 14.9 Å². The van der Waals surface area contributed by atoms with Gasteiger partial charge in [0.05, 0.1) is 17.0 Å². The third-order valence-corrected chi connectivity index (χ3v) is 2.20. The quantitative estimate of drug-likeness (QED) is 0.579. The number of anilines is 1. The molecule has 1 amide bonds. The molecule has 1 aromatic carbocycles. The van der Waals surface area contributed by atoms with Crippen LogP contribution in [0.2, 0.25) is 0 Å². The number of rotatable bonds is 1. The van der Waals surface area contributed by atoms with Crippen molar-refractivity contribution in [3.05, 3.63) is 28.3 Å². The fraction of sp³-hybridized carbons (Fsp3) is 0.200. The molecule has 2 rings (SSSR count). The van der Waals surface area contributed by atoms with E-state index in [4.69, 9.17) is 0 Å². The first-order chi connectivity index (χ1) is 7.58. The molecule has 1 heterocycles. The van der Waals surface area contributed by atoms with Crippen LogP contribution in [0.5, 0.6) is 0 Å². The van der Waals surface area contributed by atoms with Crippen molar-refractivity contribution in [2.24, 2.45) is 4.99 Å². The Hall–Kier alpha value is -2.24. The van der Waals surface area contributed by atoms with E-state index < -0.39 is 4.92 Å². The normalized spacial score (nSPS) is 14.6. The van der Waals surface area contributed by atoms with Crippen molar-refractivity contribution in [3.8, 4) is 0 Å². The molecule has 1 aliphatic heterocycles. The number of nitrogens with zero attached hydrogens (tertiary/aromatic N) is 2. The van der Waals surface area contributed by atoms with E-state index >= 15 is 0 Å². The first kappa shape index (κ1) is 10.3. The molecule has 0 atom stereocenters. The van der Waals surface area contributed by atoms with E-state index in [-0.39, 0.29) is 23.7 Å². The minimum atomic E-state index is -0.507.